The van der Waals surface area contributed by atoms with Crippen molar-refractivity contribution in [1.82, 2.24) is 0 Å². The third kappa shape index (κ3) is 3.60. The number of aryl methyl sites for hydroxylation is 1. The molecule has 0 bridgehead atoms. The normalized spacial score (nSPS) is 19.7. The molecule has 2 atom stereocenters. The quantitative estimate of drug-likeness (QED) is 0.809. The fourth-order valence-electron chi connectivity index (χ4n) is 3.57. The summed E-state index contributed by atoms with van der Waals surface area (Å²) in [5.74, 6) is -1.08. The molecule has 3 rings (SSSR count). The number of carboxylic acid groups (broad SMARTS) is 1. The van der Waals surface area contributed by atoms with E-state index in [0.717, 1.165) is 5.56 Å². The maximum absolute atomic E-state index is 12.8. The highest BCUT2D eigenvalue weighted by molar-refractivity contribution is 5.96. The molecule has 1 saturated heterocycles. The van der Waals surface area contributed by atoms with Gasteiger partial charge in [0.2, 0.25) is 5.91 Å². The molecule has 6 nitrogen and oxygen atoms in total. The lowest BCUT2D eigenvalue weighted by Gasteiger charge is -2.42. The van der Waals surface area contributed by atoms with E-state index in [-0.39, 0.29) is 18.7 Å². The summed E-state index contributed by atoms with van der Waals surface area (Å²) in [4.78, 5) is 26.2. The van der Waals surface area contributed by atoms with Crippen LogP contribution in [0.15, 0.2) is 42.5 Å². The van der Waals surface area contributed by atoms with Gasteiger partial charge in [-0.25, -0.2) is 0 Å². The summed E-state index contributed by atoms with van der Waals surface area (Å²) in [5, 5.41) is 11.8. The van der Waals surface area contributed by atoms with Gasteiger partial charge in [0.25, 0.3) is 0 Å². The fraction of sp³-hybridized carbons (Fsp3) is 0.333. The van der Waals surface area contributed by atoms with E-state index < -0.39 is 17.9 Å². The Kier molecular flexibility index (Phi) is 5.35. The van der Waals surface area contributed by atoms with Gasteiger partial charge >= 0.3 is 0 Å². The second-order valence-electron chi connectivity index (χ2n) is 6.62. The first kappa shape index (κ1) is 18.8. The summed E-state index contributed by atoms with van der Waals surface area (Å²) in [7, 11) is 3.05. The topological polar surface area (TPSA) is 78.9 Å². The Hall–Kier alpha value is -3.02. The summed E-state index contributed by atoms with van der Waals surface area (Å²) in [5.41, 5.74) is 2.38. The Morgan fingerprint density at radius 3 is 2.33 bits per heavy atom. The zero-order valence-corrected chi connectivity index (χ0v) is 15.6. The predicted molar refractivity (Wildman–Crippen MR) is 98.7 cm³/mol. The average molecular weight is 368 g/mol. The zero-order valence-electron chi connectivity index (χ0n) is 15.6. The van der Waals surface area contributed by atoms with Gasteiger partial charge in [-0.1, -0.05) is 23.8 Å². The molecule has 0 aliphatic carbocycles. The van der Waals surface area contributed by atoms with Gasteiger partial charge in [-0.3, -0.25) is 4.79 Å². The molecule has 6 heteroatoms. The first-order valence-corrected chi connectivity index (χ1v) is 8.77. The van der Waals surface area contributed by atoms with Gasteiger partial charge in [-0.2, -0.15) is 0 Å². The molecule has 0 aromatic heterocycles. The lowest BCUT2D eigenvalue weighted by atomic mass is 9.83. The minimum absolute atomic E-state index is 0.115. The van der Waals surface area contributed by atoms with Crippen LogP contribution >= 0.6 is 0 Å². The van der Waals surface area contributed by atoms with Crippen LogP contribution in [-0.4, -0.2) is 26.1 Å². The van der Waals surface area contributed by atoms with Crippen molar-refractivity contribution in [2.24, 2.45) is 5.92 Å². The minimum atomic E-state index is -1.17. The number of hydrogen-bond acceptors (Lipinski definition) is 5. The van der Waals surface area contributed by atoms with Crippen LogP contribution in [0.4, 0.5) is 5.69 Å². The summed E-state index contributed by atoms with van der Waals surface area (Å²) in [6.07, 6.45) is 0.402. The molecule has 0 N–H and O–H groups in total. The number of carboxylic acids is 1. The van der Waals surface area contributed by atoms with Crippen molar-refractivity contribution >= 4 is 17.6 Å². The van der Waals surface area contributed by atoms with Gasteiger partial charge in [0.05, 0.1) is 20.3 Å². The number of ether oxygens (including phenoxy) is 2. The predicted octanol–water partition coefficient (Wildman–Crippen LogP) is 2.25. The molecule has 1 heterocycles. The van der Waals surface area contributed by atoms with Gasteiger partial charge in [-0.15, -0.1) is 0 Å². The van der Waals surface area contributed by atoms with Crippen LogP contribution in [0.5, 0.6) is 11.5 Å². The number of nitrogens with zero attached hydrogens (tertiary/aromatic N) is 1. The van der Waals surface area contributed by atoms with Crippen LogP contribution in [-0.2, 0) is 9.59 Å². The number of methoxy groups -OCH3 is 2. The fourth-order valence-corrected chi connectivity index (χ4v) is 3.57. The van der Waals surface area contributed by atoms with Crippen LogP contribution < -0.4 is 19.5 Å². The van der Waals surface area contributed by atoms with E-state index in [2.05, 4.69) is 0 Å². The number of aliphatic carboxylic acids is 1. The Bertz CT molecular complexity index is 846. The number of benzene rings is 2. The van der Waals surface area contributed by atoms with Crippen molar-refractivity contribution in [2.45, 2.75) is 25.8 Å². The first-order chi connectivity index (χ1) is 13.0. The van der Waals surface area contributed by atoms with Crippen LogP contribution in [0.25, 0.3) is 0 Å². The van der Waals surface area contributed by atoms with Gasteiger partial charge < -0.3 is 24.3 Å². The van der Waals surface area contributed by atoms with Gasteiger partial charge in [0.15, 0.2) is 11.5 Å². The second kappa shape index (κ2) is 7.70. The molecule has 2 aromatic rings. The summed E-state index contributed by atoms with van der Waals surface area (Å²) in [6.45, 7) is 1.96. The smallest absolute Gasteiger partial charge is 0.227 e. The number of rotatable bonds is 5. The molecule has 0 unspecified atom stereocenters. The van der Waals surface area contributed by atoms with Crippen molar-refractivity contribution in [3.8, 4) is 11.5 Å². The highest BCUT2D eigenvalue weighted by Gasteiger charge is 2.38. The van der Waals surface area contributed by atoms with Crippen LogP contribution in [0, 0.1) is 12.8 Å². The molecule has 1 amide bonds. The molecule has 0 radical (unpaired) electrons. The van der Waals surface area contributed by atoms with Crippen molar-refractivity contribution < 1.29 is 24.2 Å². The lowest BCUT2D eigenvalue weighted by molar-refractivity contribution is -0.312. The van der Waals surface area contributed by atoms with E-state index in [0.29, 0.717) is 22.7 Å². The molecule has 27 heavy (non-hydrogen) atoms. The number of carbonyl (C=O) groups is 2. The molecule has 1 fully saturated rings. The Labute approximate surface area is 158 Å². The molecular formula is C21H22NO5-. The number of carbonyl (C=O) groups excluding carboxylic acids is 2. The standard InChI is InChI=1S/C21H23NO5/c1-13-4-7-15(8-5-13)22-19(23)11-9-16(21(24)25)20(22)14-6-10-17(26-2)18(12-14)27-3/h4-8,10,12,16,20H,9,11H2,1-3H3,(H,24,25)/p-1/t16-,20-/m0/s1. The zero-order chi connectivity index (χ0) is 19.6. The van der Waals surface area contributed by atoms with Crippen LogP contribution in [0.3, 0.4) is 0 Å². The van der Waals surface area contributed by atoms with Crippen molar-refractivity contribution in [1.29, 1.82) is 0 Å². The minimum Gasteiger partial charge on any atom is -0.550 e. The second-order valence-corrected chi connectivity index (χ2v) is 6.62. The summed E-state index contributed by atoms with van der Waals surface area (Å²) >= 11 is 0. The molecule has 0 spiro atoms. The molecule has 0 saturated carbocycles. The third-order valence-electron chi connectivity index (χ3n) is 4.96. The van der Waals surface area contributed by atoms with Gasteiger partial charge in [0.1, 0.15) is 0 Å². The van der Waals surface area contributed by atoms with E-state index in [9.17, 15) is 14.7 Å². The van der Waals surface area contributed by atoms with Crippen molar-refractivity contribution in [3.63, 3.8) is 0 Å². The van der Waals surface area contributed by atoms with E-state index in [4.69, 9.17) is 9.47 Å². The highest BCUT2D eigenvalue weighted by Crippen LogP contribution is 2.42. The molecule has 142 valence electrons. The summed E-state index contributed by atoms with van der Waals surface area (Å²) < 4.78 is 10.6. The number of piperidine rings is 1. The monoisotopic (exact) mass is 368 g/mol. The number of amides is 1. The van der Waals surface area contributed by atoms with E-state index in [1.54, 1.807) is 23.1 Å². The lowest BCUT2D eigenvalue weighted by Crippen LogP contribution is -2.49. The molecule has 1 aliphatic heterocycles. The highest BCUT2D eigenvalue weighted by atomic mass is 16.5. The maximum atomic E-state index is 12.8. The Balaban J connectivity index is 2.13. The molecular weight excluding hydrogens is 346 g/mol. The largest absolute Gasteiger partial charge is 0.550 e. The van der Waals surface area contributed by atoms with Crippen molar-refractivity contribution in [2.75, 3.05) is 19.1 Å². The molecule has 2 aromatic carbocycles. The van der Waals surface area contributed by atoms with Crippen molar-refractivity contribution in [3.05, 3.63) is 53.6 Å². The maximum Gasteiger partial charge on any atom is 0.227 e. The Morgan fingerprint density at radius 2 is 1.74 bits per heavy atom. The number of anilines is 1. The van der Waals surface area contributed by atoms with Crippen LogP contribution in [0.2, 0.25) is 0 Å². The van der Waals surface area contributed by atoms with Gasteiger partial charge in [0, 0.05) is 24.0 Å². The summed E-state index contributed by atoms with van der Waals surface area (Å²) in [6, 6.07) is 12.0. The molecule has 1 aliphatic rings. The first-order valence-electron chi connectivity index (χ1n) is 8.77. The number of hydrogen-bond donors (Lipinski definition) is 0. The van der Waals surface area contributed by atoms with E-state index in [1.165, 1.54) is 14.2 Å². The van der Waals surface area contributed by atoms with Gasteiger partial charge in [-0.05, 0) is 43.2 Å². The SMILES string of the molecule is COc1ccc([C@H]2[C@@H](C(=O)[O-])CCC(=O)N2c2ccc(C)cc2)cc1OC. The Morgan fingerprint density at radius 1 is 1.07 bits per heavy atom. The third-order valence-corrected chi connectivity index (χ3v) is 4.96. The van der Waals surface area contributed by atoms with E-state index in [1.807, 2.05) is 31.2 Å². The average Bonchev–Trinajstić information content (AvgIpc) is 2.67. The van der Waals surface area contributed by atoms with E-state index >= 15 is 0 Å². The van der Waals surface area contributed by atoms with Crippen LogP contribution in [0.1, 0.15) is 30.0 Å².